The summed E-state index contributed by atoms with van der Waals surface area (Å²) >= 11 is 0.785. The topological polar surface area (TPSA) is 91.8 Å². The molecule has 0 radical (unpaired) electrons. The molecule has 0 aliphatic carbocycles. The van der Waals surface area contributed by atoms with E-state index in [1.54, 1.807) is 0 Å². The third-order valence-electron chi connectivity index (χ3n) is 4.21. The van der Waals surface area contributed by atoms with Crippen LogP contribution in [0.25, 0.3) is 10.2 Å². The summed E-state index contributed by atoms with van der Waals surface area (Å²) in [5, 5.41) is 12.8. The van der Waals surface area contributed by atoms with Crippen molar-refractivity contribution in [1.82, 2.24) is 15.2 Å². The summed E-state index contributed by atoms with van der Waals surface area (Å²) in [7, 11) is 1.37. The van der Waals surface area contributed by atoms with Gasteiger partial charge in [0.05, 0.1) is 27.9 Å². The van der Waals surface area contributed by atoms with Gasteiger partial charge in [-0.1, -0.05) is 0 Å². The molecule has 0 unspecified atom stereocenters. The third kappa shape index (κ3) is 3.92. The van der Waals surface area contributed by atoms with Crippen LogP contribution < -0.4 is 10.1 Å². The van der Waals surface area contributed by atoms with Gasteiger partial charge in [0.2, 0.25) is 5.88 Å². The zero-order valence-electron chi connectivity index (χ0n) is 14.2. The number of thiophene rings is 1. The molecule has 0 bridgehead atoms. The lowest BCUT2D eigenvalue weighted by molar-refractivity contribution is -0.136. The molecule has 1 saturated heterocycles. The lowest BCUT2D eigenvalue weighted by Gasteiger charge is -2.30. The lowest BCUT2D eigenvalue weighted by Crippen LogP contribution is -2.43. The van der Waals surface area contributed by atoms with Crippen molar-refractivity contribution in [3.8, 4) is 5.88 Å². The molecule has 27 heavy (non-hydrogen) atoms. The first-order chi connectivity index (χ1) is 12.7. The predicted octanol–water partition coefficient (Wildman–Crippen LogP) is 3.20. The molecule has 0 saturated carbocycles. The van der Waals surface area contributed by atoms with Crippen LogP contribution in [0, 0.1) is 0 Å². The van der Waals surface area contributed by atoms with Crippen LogP contribution in [0.4, 0.5) is 18.0 Å². The zero-order chi connectivity index (χ0) is 19.8. The number of hydrogen-bond donors (Lipinski definition) is 2. The normalized spacial score (nSPS) is 17.8. The molecular formula is C16H16F3N3O4S. The molecule has 1 fully saturated rings. The smallest absolute Gasteiger partial charge is 0.418 e. The number of carbonyl (C=O) groups is 2. The van der Waals surface area contributed by atoms with Gasteiger partial charge >= 0.3 is 12.3 Å². The minimum atomic E-state index is -4.65. The molecule has 11 heteroatoms. The first kappa shape index (κ1) is 19.2. The standard InChI is InChI=1S/C16H16F3N3O4S/c1-20-14(23)9-7-27-13-10(16(17,18)19)5-11(21-12(9)13)26-8-3-2-4-22(6-8)15(24)25/h5,7-8H,2-4,6H2,1H3,(H,20,23)(H,24,25)/t8-/m1/s1. The number of ether oxygens (including phenoxy) is 1. The fourth-order valence-electron chi connectivity index (χ4n) is 2.93. The van der Waals surface area contributed by atoms with Gasteiger partial charge in [0.25, 0.3) is 5.91 Å². The average Bonchev–Trinajstić information content (AvgIpc) is 3.03. The number of fused-ring (bicyclic) bond motifs is 1. The number of halogens is 3. The van der Waals surface area contributed by atoms with E-state index in [1.165, 1.54) is 12.4 Å². The first-order valence-electron chi connectivity index (χ1n) is 8.06. The summed E-state index contributed by atoms with van der Waals surface area (Å²) in [4.78, 5) is 28.3. The number of nitrogens with zero attached hydrogens (tertiary/aromatic N) is 2. The van der Waals surface area contributed by atoms with Crippen LogP contribution in [-0.2, 0) is 6.18 Å². The van der Waals surface area contributed by atoms with E-state index in [9.17, 15) is 22.8 Å². The Kier molecular flexibility index (Phi) is 5.13. The van der Waals surface area contributed by atoms with Gasteiger partial charge in [-0.25, -0.2) is 9.78 Å². The maximum absolute atomic E-state index is 13.5. The Morgan fingerprint density at radius 1 is 1.44 bits per heavy atom. The van der Waals surface area contributed by atoms with Crippen molar-refractivity contribution in [1.29, 1.82) is 0 Å². The van der Waals surface area contributed by atoms with Crippen LogP contribution in [0.1, 0.15) is 28.8 Å². The molecule has 1 atom stereocenters. The van der Waals surface area contributed by atoms with E-state index in [-0.39, 0.29) is 28.2 Å². The number of hydrogen-bond acceptors (Lipinski definition) is 5. The maximum atomic E-state index is 13.5. The van der Waals surface area contributed by atoms with Crippen LogP contribution >= 0.6 is 11.3 Å². The average molecular weight is 403 g/mol. The Balaban J connectivity index is 2.00. The van der Waals surface area contributed by atoms with Crippen LogP contribution in [0.15, 0.2) is 11.4 Å². The molecule has 146 valence electrons. The van der Waals surface area contributed by atoms with Crippen molar-refractivity contribution in [3.05, 3.63) is 22.6 Å². The number of carbonyl (C=O) groups excluding carboxylic acids is 1. The van der Waals surface area contributed by atoms with Gasteiger partial charge in [-0.3, -0.25) is 4.79 Å². The number of likely N-dealkylation sites (tertiary alicyclic amines) is 1. The molecular weight excluding hydrogens is 387 g/mol. The second kappa shape index (κ2) is 7.22. The first-order valence-corrected chi connectivity index (χ1v) is 8.94. The van der Waals surface area contributed by atoms with E-state index in [1.807, 2.05) is 0 Å². The van der Waals surface area contributed by atoms with Crippen molar-refractivity contribution in [2.24, 2.45) is 0 Å². The molecule has 2 amide bonds. The van der Waals surface area contributed by atoms with Gasteiger partial charge < -0.3 is 20.1 Å². The molecule has 3 heterocycles. The number of alkyl halides is 3. The summed E-state index contributed by atoms with van der Waals surface area (Å²) in [5.41, 5.74) is -0.993. The van der Waals surface area contributed by atoms with E-state index in [0.717, 1.165) is 22.3 Å². The minimum absolute atomic E-state index is 0.0317. The predicted molar refractivity (Wildman–Crippen MR) is 91.3 cm³/mol. The molecule has 1 aliphatic heterocycles. The van der Waals surface area contributed by atoms with Gasteiger partial charge in [-0.15, -0.1) is 11.3 Å². The van der Waals surface area contributed by atoms with Crippen molar-refractivity contribution in [3.63, 3.8) is 0 Å². The highest BCUT2D eigenvalue weighted by Gasteiger charge is 2.36. The van der Waals surface area contributed by atoms with Crippen molar-refractivity contribution in [2.75, 3.05) is 20.1 Å². The highest BCUT2D eigenvalue weighted by Crippen LogP contribution is 2.40. The molecule has 1 aliphatic rings. The van der Waals surface area contributed by atoms with E-state index in [2.05, 4.69) is 10.3 Å². The monoisotopic (exact) mass is 403 g/mol. The van der Waals surface area contributed by atoms with Gasteiger partial charge in [0, 0.05) is 25.0 Å². The van der Waals surface area contributed by atoms with Gasteiger partial charge in [-0.05, 0) is 12.8 Å². The van der Waals surface area contributed by atoms with E-state index < -0.39 is 29.8 Å². The largest absolute Gasteiger partial charge is 0.472 e. The zero-order valence-corrected chi connectivity index (χ0v) is 15.0. The van der Waals surface area contributed by atoms with Crippen LogP contribution in [0.2, 0.25) is 0 Å². The molecule has 0 spiro atoms. The minimum Gasteiger partial charge on any atom is -0.472 e. The summed E-state index contributed by atoms with van der Waals surface area (Å²) in [6.07, 6.45) is -5.33. The number of aromatic nitrogens is 1. The Hall–Kier alpha value is -2.56. The molecule has 2 N–H and O–H groups in total. The quantitative estimate of drug-likeness (QED) is 0.821. The Morgan fingerprint density at radius 3 is 2.81 bits per heavy atom. The van der Waals surface area contributed by atoms with Crippen molar-refractivity contribution >= 4 is 33.6 Å². The van der Waals surface area contributed by atoms with Crippen LogP contribution in [-0.4, -0.2) is 53.2 Å². The lowest BCUT2D eigenvalue weighted by atomic mass is 10.1. The summed E-state index contributed by atoms with van der Waals surface area (Å²) in [6, 6.07) is 0.798. The molecule has 2 aromatic rings. The van der Waals surface area contributed by atoms with Gasteiger partial charge in [-0.2, -0.15) is 13.2 Å². The number of amides is 2. The highest BCUT2D eigenvalue weighted by atomic mass is 32.1. The number of piperidine rings is 1. The molecule has 3 rings (SSSR count). The number of rotatable bonds is 3. The van der Waals surface area contributed by atoms with Crippen molar-refractivity contribution in [2.45, 2.75) is 25.1 Å². The fraction of sp³-hybridized carbons (Fsp3) is 0.438. The van der Waals surface area contributed by atoms with Crippen LogP contribution in [0.3, 0.4) is 0 Å². The van der Waals surface area contributed by atoms with E-state index in [4.69, 9.17) is 9.84 Å². The second-order valence-corrected chi connectivity index (χ2v) is 6.90. The maximum Gasteiger partial charge on any atom is 0.418 e. The van der Waals surface area contributed by atoms with E-state index >= 15 is 0 Å². The highest BCUT2D eigenvalue weighted by molar-refractivity contribution is 7.17. The van der Waals surface area contributed by atoms with Crippen molar-refractivity contribution < 1.29 is 32.6 Å². The number of nitrogens with one attached hydrogen (secondary N) is 1. The summed E-state index contributed by atoms with van der Waals surface area (Å²) in [5.74, 6) is -0.829. The number of carboxylic acid groups (broad SMARTS) is 1. The SMILES string of the molecule is CNC(=O)c1csc2c(C(F)(F)F)cc(O[C@@H]3CCCN(C(=O)O)C3)nc12. The summed E-state index contributed by atoms with van der Waals surface area (Å²) < 4.78 is 45.8. The molecule has 0 aromatic carbocycles. The Morgan fingerprint density at radius 2 is 2.19 bits per heavy atom. The van der Waals surface area contributed by atoms with E-state index in [0.29, 0.717) is 19.4 Å². The Labute approximate surface area is 155 Å². The molecule has 7 nitrogen and oxygen atoms in total. The van der Waals surface area contributed by atoms with Gasteiger partial charge in [0.1, 0.15) is 6.10 Å². The Bertz CT molecular complexity index is 884. The number of pyridine rings is 1. The fourth-order valence-corrected chi connectivity index (χ4v) is 3.95. The van der Waals surface area contributed by atoms with Gasteiger partial charge in [0.15, 0.2) is 0 Å². The van der Waals surface area contributed by atoms with Crippen LogP contribution in [0.5, 0.6) is 5.88 Å². The molecule has 2 aromatic heterocycles. The second-order valence-electron chi connectivity index (χ2n) is 6.02. The summed E-state index contributed by atoms with van der Waals surface area (Å²) in [6.45, 7) is 0.392. The third-order valence-corrected chi connectivity index (χ3v) is 5.21.